The Morgan fingerprint density at radius 3 is 2.94 bits per heavy atom. The summed E-state index contributed by atoms with van der Waals surface area (Å²) in [6.07, 6.45) is 7.95. The van der Waals surface area contributed by atoms with E-state index in [1.807, 2.05) is 6.33 Å². The third kappa shape index (κ3) is 3.82. The zero-order valence-electron chi connectivity index (χ0n) is 11.7. The van der Waals surface area contributed by atoms with E-state index in [4.69, 9.17) is 5.73 Å². The highest BCUT2D eigenvalue weighted by Crippen LogP contribution is 2.30. The molecular formula is C14H26N4. The molecule has 0 spiro atoms. The van der Waals surface area contributed by atoms with Crippen molar-refractivity contribution < 1.29 is 0 Å². The number of likely N-dealkylation sites (tertiary alicyclic amines) is 1. The van der Waals surface area contributed by atoms with Gasteiger partial charge >= 0.3 is 0 Å². The summed E-state index contributed by atoms with van der Waals surface area (Å²) in [7, 11) is 0. The van der Waals surface area contributed by atoms with Crippen molar-refractivity contribution in [2.75, 3.05) is 19.6 Å². The lowest BCUT2D eigenvalue weighted by Crippen LogP contribution is -2.25. The first-order valence-corrected chi connectivity index (χ1v) is 7.02. The largest absolute Gasteiger partial charge is 0.336 e. The normalized spacial score (nSPS) is 20.8. The molecule has 2 rings (SSSR count). The molecule has 1 aliphatic rings. The van der Waals surface area contributed by atoms with E-state index in [2.05, 4.69) is 34.5 Å². The van der Waals surface area contributed by atoms with Gasteiger partial charge in [0.25, 0.3) is 0 Å². The van der Waals surface area contributed by atoms with Gasteiger partial charge in [-0.05, 0) is 37.8 Å². The summed E-state index contributed by atoms with van der Waals surface area (Å²) in [4.78, 5) is 6.99. The first-order valence-electron chi connectivity index (χ1n) is 7.02. The maximum Gasteiger partial charge on any atom is 0.0950 e. The molecule has 1 aromatic rings. The van der Waals surface area contributed by atoms with Gasteiger partial charge in [0.1, 0.15) is 0 Å². The van der Waals surface area contributed by atoms with E-state index in [1.165, 1.54) is 38.0 Å². The third-order valence-corrected chi connectivity index (χ3v) is 3.89. The molecule has 0 bridgehead atoms. The van der Waals surface area contributed by atoms with Gasteiger partial charge in [-0.1, -0.05) is 13.8 Å². The summed E-state index contributed by atoms with van der Waals surface area (Å²) in [5.41, 5.74) is 7.22. The van der Waals surface area contributed by atoms with Crippen LogP contribution in [-0.4, -0.2) is 34.1 Å². The fourth-order valence-corrected chi connectivity index (χ4v) is 2.63. The van der Waals surface area contributed by atoms with E-state index >= 15 is 0 Å². The number of imidazole rings is 1. The van der Waals surface area contributed by atoms with Gasteiger partial charge in [-0.3, -0.25) is 4.90 Å². The number of nitrogens with zero attached hydrogens (tertiary/aromatic N) is 3. The second-order valence-electron chi connectivity index (χ2n) is 6.19. The molecule has 0 atom stereocenters. The molecule has 4 heteroatoms. The summed E-state index contributed by atoms with van der Waals surface area (Å²) in [6, 6.07) is 0. The Bertz CT molecular complexity index is 370. The molecule has 0 aliphatic carbocycles. The summed E-state index contributed by atoms with van der Waals surface area (Å²) < 4.78 is 2.08. The fraction of sp³-hybridized carbons (Fsp3) is 0.786. The molecular weight excluding hydrogens is 224 g/mol. The molecule has 0 saturated carbocycles. The van der Waals surface area contributed by atoms with Crippen LogP contribution < -0.4 is 5.73 Å². The van der Waals surface area contributed by atoms with Gasteiger partial charge in [-0.25, -0.2) is 4.98 Å². The Morgan fingerprint density at radius 2 is 2.17 bits per heavy atom. The van der Waals surface area contributed by atoms with Crippen molar-refractivity contribution in [2.45, 2.75) is 46.2 Å². The van der Waals surface area contributed by atoms with Gasteiger partial charge in [0, 0.05) is 25.8 Å². The number of hydrogen-bond acceptors (Lipinski definition) is 3. The highest BCUT2D eigenvalue weighted by molar-refractivity contribution is 4.97. The lowest BCUT2D eigenvalue weighted by molar-refractivity contribution is 0.253. The summed E-state index contributed by atoms with van der Waals surface area (Å²) in [5, 5.41) is 0. The molecule has 2 heterocycles. The van der Waals surface area contributed by atoms with E-state index < -0.39 is 0 Å². The quantitative estimate of drug-likeness (QED) is 0.887. The minimum Gasteiger partial charge on any atom is -0.336 e. The topological polar surface area (TPSA) is 47.1 Å². The van der Waals surface area contributed by atoms with Gasteiger partial charge in [0.05, 0.1) is 12.0 Å². The van der Waals surface area contributed by atoms with Crippen LogP contribution in [0.15, 0.2) is 12.5 Å². The zero-order chi connectivity index (χ0) is 13.0. The predicted octanol–water partition coefficient (Wildman–Crippen LogP) is 1.85. The van der Waals surface area contributed by atoms with Crippen molar-refractivity contribution in [2.24, 2.45) is 11.1 Å². The van der Waals surface area contributed by atoms with Gasteiger partial charge in [-0.2, -0.15) is 0 Å². The van der Waals surface area contributed by atoms with Crippen LogP contribution in [0.4, 0.5) is 0 Å². The van der Waals surface area contributed by atoms with Crippen molar-refractivity contribution in [1.82, 2.24) is 14.5 Å². The van der Waals surface area contributed by atoms with Crippen LogP contribution >= 0.6 is 0 Å². The van der Waals surface area contributed by atoms with Crippen molar-refractivity contribution in [1.29, 1.82) is 0 Å². The minimum absolute atomic E-state index is 0.508. The van der Waals surface area contributed by atoms with E-state index in [0.29, 0.717) is 12.0 Å². The van der Waals surface area contributed by atoms with Gasteiger partial charge < -0.3 is 10.3 Å². The number of nitrogens with two attached hydrogens (primary N) is 1. The maximum absolute atomic E-state index is 5.55. The summed E-state index contributed by atoms with van der Waals surface area (Å²) in [6.45, 7) is 9.67. The summed E-state index contributed by atoms with van der Waals surface area (Å²) >= 11 is 0. The van der Waals surface area contributed by atoms with Crippen LogP contribution in [0.25, 0.3) is 0 Å². The molecule has 18 heavy (non-hydrogen) atoms. The Kier molecular flexibility index (Phi) is 4.40. The zero-order valence-corrected chi connectivity index (χ0v) is 11.7. The average molecular weight is 250 g/mol. The van der Waals surface area contributed by atoms with E-state index in [0.717, 1.165) is 13.1 Å². The van der Waals surface area contributed by atoms with Crippen LogP contribution in [0.5, 0.6) is 0 Å². The summed E-state index contributed by atoms with van der Waals surface area (Å²) in [5.74, 6) is 0. The SMILES string of the molecule is CC1(C)CCCN(Cc2cn(CCN)cn2)CC1. The monoisotopic (exact) mass is 250 g/mol. The Balaban J connectivity index is 1.88. The molecule has 0 aromatic carbocycles. The van der Waals surface area contributed by atoms with Gasteiger partial charge in [0.2, 0.25) is 0 Å². The smallest absolute Gasteiger partial charge is 0.0950 e. The number of rotatable bonds is 4. The maximum atomic E-state index is 5.55. The van der Waals surface area contributed by atoms with E-state index in [1.54, 1.807) is 0 Å². The molecule has 1 saturated heterocycles. The van der Waals surface area contributed by atoms with Crippen LogP contribution in [-0.2, 0) is 13.1 Å². The number of aromatic nitrogens is 2. The van der Waals surface area contributed by atoms with Gasteiger partial charge in [-0.15, -0.1) is 0 Å². The first kappa shape index (κ1) is 13.6. The highest BCUT2D eigenvalue weighted by atomic mass is 15.1. The first-order chi connectivity index (χ1) is 8.59. The second kappa shape index (κ2) is 5.85. The lowest BCUT2D eigenvalue weighted by Gasteiger charge is -2.22. The fourth-order valence-electron chi connectivity index (χ4n) is 2.63. The van der Waals surface area contributed by atoms with Crippen molar-refractivity contribution in [3.63, 3.8) is 0 Å². The van der Waals surface area contributed by atoms with Gasteiger partial charge in [0.15, 0.2) is 0 Å². The van der Waals surface area contributed by atoms with Crippen LogP contribution in [0.2, 0.25) is 0 Å². The Hall–Kier alpha value is -0.870. The molecule has 4 nitrogen and oxygen atoms in total. The van der Waals surface area contributed by atoms with Crippen LogP contribution in [0, 0.1) is 5.41 Å². The third-order valence-electron chi connectivity index (χ3n) is 3.89. The van der Waals surface area contributed by atoms with E-state index in [9.17, 15) is 0 Å². The molecule has 102 valence electrons. The van der Waals surface area contributed by atoms with Crippen molar-refractivity contribution in [3.8, 4) is 0 Å². The highest BCUT2D eigenvalue weighted by Gasteiger charge is 2.23. The standard InChI is InChI=1S/C14H26N4/c1-14(2)4-3-7-17(8-5-14)10-13-11-18(9-6-15)12-16-13/h11-12H,3-10,15H2,1-2H3. The molecule has 1 aromatic heterocycles. The minimum atomic E-state index is 0.508. The van der Waals surface area contributed by atoms with Crippen LogP contribution in [0.1, 0.15) is 38.8 Å². The van der Waals surface area contributed by atoms with Crippen molar-refractivity contribution >= 4 is 0 Å². The van der Waals surface area contributed by atoms with Crippen LogP contribution in [0.3, 0.4) is 0 Å². The molecule has 2 N–H and O–H groups in total. The Morgan fingerprint density at radius 1 is 1.33 bits per heavy atom. The van der Waals surface area contributed by atoms with Crippen molar-refractivity contribution in [3.05, 3.63) is 18.2 Å². The lowest BCUT2D eigenvalue weighted by atomic mass is 9.85. The molecule has 1 fully saturated rings. The molecule has 1 aliphatic heterocycles. The number of hydrogen-bond donors (Lipinski definition) is 1. The molecule has 0 amide bonds. The average Bonchev–Trinajstić information content (AvgIpc) is 2.66. The molecule has 0 radical (unpaired) electrons. The second-order valence-corrected chi connectivity index (χ2v) is 6.19. The molecule has 0 unspecified atom stereocenters. The van der Waals surface area contributed by atoms with E-state index in [-0.39, 0.29) is 0 Å². The predicted molar refractivity (Wildman–Crippen MR) is 74.2 cm³/mol. The Labute approximate surface area is 110 Å².